The quantitative estimate of drug-likeness (QED) is 0.648. The number of amides is 1. The molecule has 30 heavy (non-hydrogen) atoms. The first-order valence-corrected chi connectivity index (χ1v) is 10.4. The van der Waals surface area contributed by atoms with Gasteiger partial charge in [0.1, 0.15) is 0 Å². The van der Waals surface area contributed by atoms with E-state index < -0.39 is 0 Å². The van der Waals surface area contributed by atoms with Gasteiger partial charge >= 0.3 is 6.09 Å². The van der Waals surface area contributed by atoms with E-state index in [1.165, 1.54) is 0 Å². The van der Waals surface area contributed by atoms with Gasteiger partial charge in [-0.2, -0.15) is 10.1 Å². The van der Waals surface area contributed by atoms with E-state index >= 15 is 0 Å². The van der Waals surface area contributed by atoms with Gasteiger partial charge in [0.15, 0.2) is 5.65 Å². The number of aromatic nitrogens is 3. The molecule has 4 heterocycles. The highest BCUT2D eigenvalue weighted by molar-refractivity contribution is 5.83. The molecule has 0 radical (unpaired) electrons. The molecular weight excluding hydrogens is 382 g/mol. The number of hydrogen-bond acceptors (Lipinski definition) is 6. The number of carbonyl (C=O) groups excluding carboxylic acids is 1. The second-order valence-electron chi connectivity index (χ2n) is 7.75. The number of rotatable bonds is 5. The average molecular weight is 407 g/mol. The summed E-state index contributed by atoms with van der Waals surface area (Å²) in [6.07, 6.45) is 0.573. The maximum Gasteiger partial charge on any atom is 0.416 e. The number of hydrogen-bond donors (Lipinski definition) is 0. The van der Waals surface area contributed by atoms with Crippen LogP contribution in [-0.4, -0.2) is 70.1 Å². The average Bonchev–Trinajstić information content (AvgIpc) is 3.09. The fourth-order valence-electron chi connectivity index (χ4n) is 4.06. The molecule has 0 spiro atoms. The number of para-hydroxylation sites is 1. The SMILES string of the molecule is Cc1nn(-c2ccccc2)c2nc3c(cc12)CN(CCCN1CCOCC1)C(=O)O3. The molecule has 8 heteroatoms. The summed E-state index contributed by atoms with van der Waals surface area (Å²) in [5.41, 5.74) is 3.45. The van der Waals surface area contributed by atoms with E-state index in [0.29, 0.717) is 24.6 Å². The number of fused-ring (bicyclic) bond motifs is 2. The van der Waals surface area contributed by atoms with Crippen LogP contribution in [0.2, 0.25) is 0 Å². The normalized spacial score (nSPS) is 17.2. The van der Waals surface area contributed by atoms with Crippen LogP contribution in [0.3, 0.4) is 0 Å². The molecule has 1 amide bonds. The number of benzene rings is 1. The Balaban J connectivity index is 1.35. The highest BCUT2D eigenvalue weighted by Crippen LogP contribution is 2.30. The van der Waals surface area contributed by atoms with Gasteiger partial charge < -0.3 is 14.4 Å². The molecule has 8 nitrogen and oxygen atoms in total. The van der Waals surface area contributed by atoms with Crippen molar-refractivity contribution >= 4 is 17.1 Å². The van der Waals surface area contributed by atoms with Crippen LogP contribution in [-0.2, 0) is 11.3 Å². The Bertz CT molecular complexity index is 1060. The van der Waals surface area contributed by atoms with Crippen molar-refractivity contribution in [2.24, 2.45) is 0 Å². The Labute approximate surface area is 175 Å². The lowest BCUT2D eigenvalue weighted by Gasteiger charge is -2.30. The van der Waals surface area contributed by atoms with Crippen LogP contribution in [0.15, 0.2) is 36.4 Å². The summed E-state index contributed by atoms with van der Waals surface area (Å²) in [5, 5.41) is 5.63. The lowest BCUT2D eigenvalue weighted by atomic mass is 10.1. The zero-order chi connectivity index (χ0) is 20.5. The van der Waals surface area contributed by atoms with Crippen LogP contribution < -0.4 is 4.74 Å². The first-order valence-electron chi connectivity index (χ1n) is 10.4. The first kappa shape index (κ1) is 19.0. The summed E-state index contributed by atoms with van der Waals surface area (Å²) in [4.78, 5) is 21.3. The summed E-state index contributed by atoms with van der Waals surface area (Å²) in [6, 6.07) is 11.9. The summed E-state index contributed by atoms with van der Waals surface area (Å²) >= 11 is 0. The molecule has 0 unspecified atom stereocenters. The summed E-state index contributed by atoms with van der Waals surface area (Å²) in [6.45, 7) is 7.60. The van der Waals surface area contributed by atoms with Gasteiger partial charge in [-0.15, -0.1) is 0 Å². The van der Waals surface area contributed by atoms with E-state index in [1.54, 1.807) is 9.58 Å². The molecule has 2 aliphatic rings. The van der Waals surface area contributed by atoms with Crippen molar-refractivity contribution < 1.29 is 14.3 Å². The summed E-state index contributed by atoms with van der Waals surface area (Å²) < 4.78 is 12.8. The Kier molecular flexibility index (Phi) is 5.10. The third-order valence-corrected chi connectivity index (χ3v) is 5.69. The van der Waals surface area contributed by atoms with Crippen molar-refractivity contribution in [3.8, 4) is 11.6 Å². The third-order valence-electron chi connectivity index (χ3n) is 5.69. The zero-order valence-corrected chi connectivity index (χ0v) is 17.1. The predicted octanol–water partition coefficient (Wildman–Crippen LogP) is 2.77. The maximum absolute atomic E-state index is 12.5. The Morgan fingerprint density at radius 3 is 2.70 bits per heavy atom. The Morgan fingerprint density at radius 2 is 1.90 bits per heavy atom. The van der Waals surface area contributed by atoms with E-state index in [-0.39, 0.29) is 6.09 Å². The Hall–Kier alpha value is -2.97. The van der Waals surface area contributed by atoms with Gasteiger partial charge in [-0.1, -0.05) is 18.2 Å². The van der Waals surface area contributed by atoms with E-state index in [2.05, 4.69) is 21.0 Å². The van der Waals surface area contributed by atoms with E-state index in [1.807, 2.05) is 37.3 Å². The number of aryl methyl sites for hydroxylation is 1. The van der Waals surface area contributed by atoms with Crippen LogP contribution in [0.5, 0.6) is 5.88 Å². The van der Waals surface area contributed by atoms with Crippen molar-refractivity contribution in [3.63, 3.8) is 0 Å². The second-order valence-corrected chi connectivity index (χ2v) is 7.75. The molecule has 156 valence electrons. The number of pyridine rings is 1. The van der Waals surface area contributed by atoms with Gasteiger partial charge in [0.05, 0.1) is 31.1 Å². The van der Waals surface area contributed by atoms with Gasteiger partial charge in [0, 0.05) is 37.1 Å². The molecule has 2 aromatic heterocycles. The summed E-state index contributed by atoms with van der Waals surface area (Å²) in [5.74, 6) is 0.383. The van der Waals surface area contributed by atoms with Crippen molar-refractivity contribution in [2.45, 2.75) is 19.9 Å². The fraction of sp³-hybridized carbons (Fsp3) is 0.409. The molecule has 1 aromatic carbocycles. The minimum absolute atomic E-state index is 0.334. The first-order chi connectivity index (χ1) is 14.7. The topological polar surface area (TPSA) is 72.7 Å². The number of ether oxygens (including phenoxy) is 2. The summed E-state index contributed by atoms with van der Waals surface area (Å²) in [7, 11) is 0. The van der Waals surface area contributed by atoms with E-state index in [0.717, 1.165) is 61.6 Å². The second kappa shape index (κ2) is 8.04. The molecule has 1 saturated heterocycles. The number of nitrogens with zero attached hydrogens (tertiary/aromatic N) is 5. The largest absolute Gasteiger partial charge is 0.416 e. The lowest BCUT2D eigenvalue weighted by Crippen LogP contribution is -2.41. The molecule has 3 aromatic rings. The lowest BCUT2D eigenvalue weighted by molar-refractivity contribution is 0.0359. The van der Waals surface area contributed by atoms with Crippen LogP contribution >= 0.6 is 0 Å². The van der Waals surface area contributed by atoms with Crippen molar-refractivity contribution in [3.05, 3.63) is 47.7 Å². The van der Waals surface area contributed by atoms with Crippen LogP contribution in [0, 0.1) is 6.92 Å². The number of carbonyl (C=O) groups is 1. The smallest absolute Gasteiger partial charge is 0.391 e. The molecule has 5 rings (SSSR count). The van der Waals surface area contributed by atoms with E-state index in [9.17, 15) is 4.79 Å². The molecule has 0 bridgehead atoms. The van der Waals surface area contributed by atoms with Crippen molar-refractivity contribution in [2.75, 3.05) is 39.4 Å². The third kappa shape index (κ3) is 3.64. The molecule has 0 saturated carbocycles. The van der Waals surface area contributed by atoms with Gasteiger partial charge in [0.2, 0.25) is 5.88 Å². The van der Waals surface area contributed by atoms with Crippen molar-refractivity contribution in [1.29, 1.82) is 0 Å². The molecule has 0 aliphatic carbocycles. The maximum atomic E-state index is 12.5. The predicted molar refractivity (Wildman–Crippen MR) is 112 cm³/mol. The monoisotopic (exact) mass is 407 g/mol. The molecule has 0 N–H and O–H groups in total. The van der Waals surface area contributed by atoms with E-state index in [4.69, 9.17) is 9.47 Å². The minimum atomic E-state index is -0.334. The van der Waals surface area contributed by atoms with Crippen LogP contribution in [0.25, 0.3) is 16.7 Å². The minimum Gasteiger partial charge on any atom is -0.391 e. The number of morpholine rings is 1. The van der Waals surface area contributed by atoms with Crippen molar-refractivity contribution in [1.82, 2.24) is 24.6 Å². The van der Waals surface area contributed by atoms with Crippen LogP contribution in [0.4, 0.5) is 4.79 Å². The standard InChI is InChI=1S/C22H25N5O3/c1-16-19-14-17-15-26(9-5-8-25-10-12-29-13-11-25)22(28)30-21(17)23-20(19)27(24-16)18-6-3-2-4-7-18/h2-4,6-7,14H,5,8-13,15H2,1H3. The van der Waals surface area contributed by atoms with Crippen LogP contribution in [0.1, 0.15) is 17.7 Å². The fourth-order valence-corrected chi connectivity index (χ4v) is 4.06. The molecular formula is C22H25N5O3. The van der Waals surface area contributed by atoms with Gasteiger partial charge in [-0.25, -0.2) is 9.48 Å². The highest BCUT2D eigenvalue weighted by atomic mass is 16.6. The molecule has 1 fully saturated rings. The van der Waals surface area contributed by atoms with Gasteiger partial charge in [-0.05, 0) is 31.5 Å². The zero-order valence-electron chi connectivity index (χ0n) is 17.1. The highest BCUT2D eigenvalue weighted by Gasteiger charge is 2.28. The molecule has 2 aliphatic heterocycles. The van der Waals surface area contributed by atoms with Gasteiger partial charge in [0.25, 0.3) is 0 Å². The molecule has 0 atom stereocenters. The Morgan fingerprint density at radius 1 is 1.10 bits per heavy atom. The van der Waals surface area contributed by atoms with Gasteiger partial charge in [-0.3, -0.25) is 4.90 Å².